The fraction of sp³-hybridized carbons (Fsp3) is 0.0667. The summed E-state index contributed by atoms with van der Waals surface area (Å²) >= 11 is 0. The number of anilines is 2. The Morgan fingerprint density at radius 2 is 1.00 bits per heavy atom. The van der Waals surface area contributed by atoms with Gasteiger partial charge >= 0.3 is 0 Å². The van der Waals surface area contributed by atoms with E-state index in [-0.39, 0.29) is 17.0 Å². The number of rotatable bonds is 2. The molecule has 1 aliphatic rings. The summed E-state index contributed by atoms with van der Waals surface area (Å²) in [7, 11) is 0. The molecule has 92 valence electrons. The quantitative estimate of drug-likeness (QED) is 0.827. The van der Waals surface area contributed by atoms with Gasteiger partial charge in [-0.15, -0.1) is 17.0 Å². The van der Waals surface area contributed by atoms with Crippen LogP contribution in [0.4, 0.5) is 11.4 Å². The molecule has 0 amide bonds. The van der Waals surface area contributed by atoms with Crippen molar-refractivity contribution in [3.8, 4) is 0 Å². The summed E-state index contributed by atoms with van der Waals surface area (Å²) < 4.78 is 0. The molecule has 0 radical (unpaired) electrons. The van der Waals surface area contributed by atoms with Crippen molar-refractivity contribution in [2.45, 2.75) is 0 Å². The Morgan fingerprint density at radius 3 is 1.39 bits per heavy atom. The van der Waals surface area contributed by atoms with Crippen molar-refractivity contribution in [2.24, 2.45) is 0 Å². The Bertz CT molecular complexity index is 463. The number of para-hydroxylation sites is 2. The molecule has 0 atom stereocenters. The van der Waals surface area contributed by atoms with Crippen LogP contribution in [-0.2, 0) is 0 Å². The van der Waals surface area contributed by atoms with Gasteiger partial charge in [-0.3, -0.25) is 0 Å². The van der Waals surface area contributed by atoms with Crippen molar-refractivity contribution in [1.29, 1.82) is 0 Å². The Hall–Kier alpha value is -1.74. The van der Waals surface area contributed by atoms with Gasteiger partial charge < -0.3 is 9.80 Å². The molecule has 0 aliphatic carbocycles. The highest BCUT2D eigenvalue weighted by Crippen LogP contribution is 2.23. The van der Waals surface area contributed by atoms with E-state index in [9.17, 15) is 0 Å². The number of hydrogen-bond donors (Lipinski definition) is 0. The Kier molecular flexibility index (Phi) is 4.05. The van der Waals surface area contributed by atoms with Crippen LogP contribution < -0.4 is 9.80 Å². The largest absolute Gasteiger partial charge is 0.328 e. The maximum atomic E-state index is 2.23. The second-order valence-electron chi connectivity index (χ2n) is 4.05. The lowest BCUT2D eigenvalue weighted by molar-refractivity contribution is 0.976. The first-order valence-corrected chi connectivity index (χ1v) is 5.75. The molecule has 18 heavy (non-hydrogen) atoms. The molecular weight excluding hydrogens is 288 g/mol. The van der Waals surface area contributed by atoms with Crippen LogP contribution >= 0.6 is 17.0 Å². The van der Waals surface area contributed by atoms with Crippen LogP contribution in [0.1, 0.15) is 0 Å². The van der Waals surface area contributed by atoms with Crippen LogP contribution in [-0.4, -0.2) is 6.67 Å². The number of nitrogens with zero attached hydrogens (tertiary/aromatic N) is 2. The van der Waals surface area contributed by atoms with E-state index >= 15 is 0 Å². The SMILES string of the molecule is Br.C1=CN(c2ccccc2)CN1c1ccccc1. The van der Waals surface area contributed by atoms with Gasteiger partial charge in [0.2, 0.25) is 0 Å². The molecular formula is C15H15BrN2. The molecule has 1 aliphatic heterocycles. The standard InChI is InChI=1S/C15H14N2.BrH/c1-3-7-14(8-4-1)16-11-12-17(13-16)15-9-5-2-6-10-15;/h1-12H,13H2;1H. The number of halogens is 1. The molecule has 3 heteroatoms. The van der Waals surface area contributed by atoms with Crippen molar-refractivity contribution in [2.75, 3.05) is 16.5 Å². The minimum atomic E-state index is 0. The molecule has 0 unspecified atom stereocenters. The van der Waals surface area contributed by atoms with Crippen LogP contribution in [0.2, 0.25) is 0 Å². The van der Waals surface area contributed by atoms with Crippen molar-refractivity contribution < 1.29 is 0 Å². The fourth-order valence-corrected chi connectivity index (χ4v) is 1.99. The molecule has 0 saturated carbocycles. The van der Waals surface area contributed by atoms with E-state index in [1.54, 1.807) is 0 Å². The minimum absolute atomic E-state index is 0. The molecule has 0 N–H and O–H groups in total. The van der Waals surface area contributed by atoms with Crippen LogP contribution in [0, 0.1) is 0 Å². The third kappa shape index (κ3) is 2.57. The van der Waals surface area contributed by atoms with Crippen molar-refractivity contribution >= 4 is 28.4 Å². The number of benzene rings is 2. The third-order valence-corrected chi connectivity index (χ3v) is 2.91. The summed E-state index contributed by atoms with van der Waals surface area (Å²) in [6.07, 6.45) is 4.23. The summed E-state index contributed by atoms with van der Waals surface area (Å²) in [5.41, 5.74) is 2.45. The monoisotopic (exact) mass is 302 g/mol. The maximum Gasteiger partial charge on any atom is 0.0989 e. The molecule has 1 heterocycles. The van der Waals surface area contributed by atoms with Crippen LogP contribution in [0.15, 0.2) is 73.1 Å². The van der Waals surface area contributed by atoms with Gasteiger partial charge in [0, 0.05) is 23.8 Å². The summed E-state index contributed by atoms with van der Waals surface area (Å²) in [5, 5.41) is 0. The van der Waals surface area contributed by atoms with E-state index in [0.29, 0.717) is 0 Å². The van der Waals surface area contributed by atoms with Gasteiger partial charge in [-0.05, 0) is 24.3 Å². The summed E-state index contributed by atoms with van der Waals surface area (Å²) in [4.78, 5) is 4.46. The molecule has 2 nitrogen and oxygen atoms in total. The molecule has 0 bridgehead atoms. The molecule has 0 saturated heterocycles. The van der Waals surface area contributed by atoms with Crippen LogP contribution in [0.25, 0.3) is 0 Å². The lowest BCUT2D eigenvalue weighted by Gasteiger charge is -2.21. The summed E-state index contributed by atoms with van der Waals surface area (Å²) in [6, 6.07) is 20.8. The van der Waals surface area contributed by atoms with Gasteiger partial charge in [0.1, 0.15) is 0 Å². The smallest absolute Gasteiger partial charge is 0.0989 e. The highest BCUT2D eigenvalue weighted by Gasteiger charge is 2.14. The molecule has 0 aromatic heterocycles. The highest BCUT2D eigenvalue weighted by molar-refractivity contribution is 8.93. The minimum Gasteiger partial charge on any atom is -0.328 e. The lowest BCUT2D eigenvalue weighted by atomic mass is 10.3. The molecule has 2 aromatic rings. The van der Waals surface area contributed by atoms with Gasteiger partial charge in [-0.1, -0.05) is 36.4 Å². The Labute approximate surface area is 118 Å². The topological polar surface area (TPSA) is 6.48 Å². The van der Waals surface area contributed by atoms with E-state index in [1.807, 2.05) is 12.1 Å². The second-order valence-corrected chi connectivity index (χ2v) is 4.05. The average Bonchev–Trinajstić information content (AvgIpc) is 2.90. The van der Waals surface area contributed by atoms with E-state index in [4.69, 9.17) is 0 Å². The number of hydrogen-bond acceptors (Lipinski definition) is 2. The average molecular weight is 303 g/mol. The second kappa shape index (κ2) is 5.74. The van der Waals surface area contributed by atoms with E-state index in [1.165, 1.54) is 11.4 Å². The first-order valence-electron chi connectivity index (χ1n) is 5.75. The predicted molar refractivity (Wildman–Crippen MR) is 82.2 cm³/mol. The first-order chi connectivity index (χ1) is 8.43. The Morgan fingerprint density at radius 1 is 0.611 bits per heavy atom. The third-order valence-electron chi connectivity index (χ3n) is 2.91. The van der Waals surface area contributed by atoms with Gasteiger partial charge in [0.25, 0.3) is 0 Å². The highest BCUT2D eigenvalue weighted by atomic mass is 79.9. The molecule has 2 aromatic carbocycles. The summed E-state index contributed by atoms with van der Waals surface area (Å²) in [6.45, 7) is 0.869. The zero-order chi connectivity index (χ0) is 11.5. The van der Waals surface area contributed by atoms with Gasteiger partial charge in [-0.25, -0.2) is 0 Å². The predicted octanol–water partition coefficient (Wildman–Crippen LogP) is 4.02. The van der Waals surface area contributed by atoms with Crippen molar-refractivity contribution in [3.63, 3.8) is 0 Å². The molecule has 3 rings (SSSR count). The first kappa shape index (κ1) is 12.7. The van der Waals surface area contributed by atoms with Crippen LogP contribution in [0.5, 0.6) is 0 Å². The van der Waals surface area contributed by atoms with E-state index in [2.05, 4.69) is 70.7 Å². The fourth-order valence-electron chi connectivity index (χ4n) is 1.99. The van der Waals surface area contributed by atoms with E-state index in [0.717, 1.165) is 6.67 Å². The zero-order valence-corrected chi connectivity index (χ0v) is 11.7. The maximum absolute atomic E-state index is 2.23. The van der Waals surface area contributed by atoms with Crippen LogP contribution in [0.3, 0.4) is 0 Å². The van der Waals surface area contributed by atoms with E-state index < -0.39 is 0 Å². The van der Waals surface area contributed by atoms with Crippen molar-refractivity contribution in [3.05, 3.63) is 73.1 Å². The lowest BCUT2D eigenvalue weighted by Crippen LogP contribution is -2.24. The van der Waals surface area contributed by atoms with Gasteiger partial charge in [0.05, 0.1) is 6.67 Å². The summed E-state index contributed by atoms with van der Waals surface area (Å²) in [5.74, 6) is 0. The zero-order valence-electron chi connectivity index (χ0n) is 9.94. The van der Waals surface area contributed by atoms with Gasteiger partial charge in [0.15, 0.2) is 0 Å². The van der Waals surface area contributed by atoms with Crippen molar-refractivity contribution in [1.82, 2.24) is 0 Å². The van der Waals surface area contributed by atoms with Gasteiger partial charge in [-0.2, -0.15) is 0 Å². The molecule has 0 spiro atoms. The normalized spacial score (nSPS) is 13.6. The Balaban J connectivity index is 0.00000120. The molecule has 0 fully saturated rings.